The van der Waals surface area contributed by atoms with Crippen molar-refractivity contribution < 1.29 is 27.9 Å². The van der Waals surface area contributed by atoms with Crippen molar-refractivity contribution in [2.24, 2.45) is 5.10 Å². The predicted molar refractivity (Wildman–Crippen MR) is 78.5 cm³/mol. The van der Waals surface area contributed by atoms with Gasteiger partial charge in [0.15, 0.2) is 5.71 Å². The van der Waals surface area contributed by atoms with E-state index >= 15 is 0 Å². The van der Waals surface area contributed by atoms with Gasteiger partial charge in [0.2, 0.25) is 0 Å². The summed E-state index contributed by atoms with van der Waals surface area (Å²) in [5.74, 6) is -1.12. The summed E-state index contributed by atoms with van der Waals surface area (Å²) in [6.07, 6.45) is -4.82. The van der Waals surface area contributed by atoms with Crippen molar-refractivity contribution in [2.75, 3.05) is 5.01 Å². The number of hydrogen-bond donors (Lipinski definition) is 2. The van der Waals surface area contributed by atoms with Crippen LogP contribution in [0.25, 0.3) is 0 Å². The van der Waals surface area contributed by atoms with Crippen molar-refractivity contribution in [2.45, 2.75) is 37.6 Å². The van der Waals surface area contributed by atoms with Crippen molar-refractivity contribution in [1.82, 2.24) is 5.32 Å². The Hall–Kier alpha value is -2.42. The van der Waals surface area contributed by atoms with Gasteiger partial charge in [-0.25, -0.2) is 5.01 Å². The second kappa shape index (κ2) is 5.90. The molecule has 0 aromatic heterocycles. The standard InChI is InChI=1S/C15H14F3N3O3/c16-15(17,18)12-7-13(23)21(20-12)10-3-1-8(2-4-10)14(24)19-9-5-11(22)6-9/h1-4,9,11,22H,5-7H2,(H,19,24). The zero-order valence-corrected chi connectivity index (χ0v) is 12.4. The summed E-state index contributed by atoms with van der Waals surface area (Å²) in [7, 11) is 0. The molecule has 1 aromatic carbocycles. The molecule has 0 bridgehead atoms. The largest absolute Gasteiger partial charge is 0.431 e. The van der Waals surface area contributed by atoms with E-state index in [1.165, 1.54) is 24.3 Å². The maximum atomic E-state index is 12.6. The van der Waals surface area contributed by atoms with Crippen molar-refractivity contribution in [3.63, 3.8) is 0 Å². The molecule has 0 saturated heterocycles. The Balaban J connectivity index is 1.69. The molecule has 0 radical (unpaired) electrons. The number of alkyl halides is 3. The summed E-state index contributed by atoms with van der Waals surface area (Å²) in [6.45, 7) is 0. The SMILES string of the molecule is O=C(NC1CC(O)C1)c1ccc(N2N=C(C(F)(F)F)CC2=O)cc1. The van der Waals surface area contributed by atoms with Crippen LogP contribution in [-0.4, -0.2) is 41.0 Å². The van der Waals surface area contributed by atoms with Gasteiger partial charge in [0, 0.05) is 11.6 Å². The minimum Gasteiger partial charge on any atom is -0.393 e. The van der Waals surface area contributed by atoms with E-state index in [1.807, 2.05) is 0 Å². The molecule has 2 aliphatic rings. The van der Waals surface area contributed by atoms with Gasteiger partial charge in [0.25, 0.3) is 11.8 Å². The molecule has 0 unspecified atom stereocenters. The van der Waals surface area contributed by atoms with E-state index in [2.05, 4.69) is 10.4 Å². The number of carbonyl (C=O) groups is 2. The Labute approximate surface area is 134 Å². The lowest BCUT2D eigenvalue weighted by molar-refractivity contribution is -0.117. The first kappa shape index (κ1) is 16.4. The lowest BCUT2D eigenvalue weighted by Gasteiger charge is -2.31. The minimum atomic E-state index is -4.64. The van der Waals surface area contributed by atoms with E-state index in [4.69, 9.17) is 0 Å². The number of rotatable bonds is 3. The monoisotopic (exact) mass is 341 g/mol. The van der Waals surface area contributed by atoms with Crippen LogP contribution in [-0.2, 0) is 4.79 Å². The van der Waals surface area contributed by atoms with Crippen molar-refractivity contribution in [3.8, 4) is 0 Å². The van der Waals surface area contributed by atoms with Crippen LogP contribution in [0.4, 0.5) is 18.9 Å². The van der Waals surface area contributed by atoms with E-state index in [1.54, 1.807) is 0 Å². The number of halogens is 3. The fourth-order valence-corrected chi connectivity index (χ4v) is 2.52. The molecule has 0 spiro atoms. The summed E-state index contributed by atoms with van der Waals surface area (Å²) in [6, 6.07) is 5.48. The molecule has 1 fully saturated rings. The number of nitrogens with zero attached hydrogens (tertiary/aromatic N) is 2. The number of nitrogens with one attached hydrogen (secondary N) is 1. The van der Waals surface area contributed by atoms with Crippen LogP contribution in [0, 0.1) is 0 Å². The van der Waals surface area contributed by atoms with E-state index in [-0.39, 0.29) is 23.7 Å². The summed E-state index contributed by atoms with van der Waals surface area (Å²) in [4.78, 5) is 23.7. The summed E-state index contributed by atoms with van der Waals surface area (Å²) >= 11 is 0. The van der Waals surface area contributed by atoms with Gasteiger partial charge < -0.3 is 10.4 Å². The second-order valence-corrected chi connectivity index (χ2v) is 5.77. The highest BCUT2D eigenvalue weighted by Crippen LogP contribution is 2.28. The molecular formula is C15H14F3N3O3. The van der Waals surface area contributed by atoms with Gasteiger partial charge in [-0.05, 0) is 37.1 Å². The predicted octanol–water partition coefficient (Wildman–Crippen LogP) is 1.59. The van der Waals surface area contributed by atoms with Crippen LogP contribution in [0.2, 0.25) is 0 Å². The maximum absolute atomic E-state index is 12.6. The van der Waals surface area contributed by atoms with E-state index in [9.17, 15) is 27.9 Å². The third-order valence-electron chi connectivity index (χ3n) is 3.93. The molecule has 3 rings (SSSR count). The van der Waals surface area contributed by atoms with Crippen LogP contribution in [0.3, 0.4) is 0 Å². The molecule has 1 aliphatic heterocycles. The van der Waals surface area contributed by atoms with E-state index < -0.39 is 24.2 Å². The molecular weight excluding hydrogens is 327 g/mol. The normalized spacial score (nSPS) is 23.8. The van der Waals surface area contributed by atoms with Gasteiger partial charge >= 0.3 is 6.18 Å². The summed E-state index contributed by atoms with van der Waals surface area (Å²) in [5, 5.41) is 15.9. The molecule has 6 nitrogen and oxygen atoms in total. The van der Waals surface area contributed by atoms with Crippen LogP contribution >= 0.6 is 0 Å². The number of benzene rings is 1. The molecule has 1 heterocycles. The van der Waals surface area contributed by atoms with Gasteiger partial charge in [-0.2, -0.15) is 18.3 Å². The van der Waals surface area contributed by atoms with E-state index in [0.717, 1.165) is 0 Å². The number of carbonyl (C=O) groups excluding carboxylic acids is 2. The molecule has 2 N–H and O–H groups in total. The number of aliphatic hydroxyl groups is 1. The second-order valence-electron chi connectivity index (χ2n) is 5.77. The Morgan fingerprint density at radius 2 is 1.88 bits per heavy atom. The van der Waals surface area contributed by atoms with Crippen LogP contribution in [0.15, 0.2) is 29.4 Å². The average molecular weight is 341 g/mol. The Morgan fingerprint density at radius 1 is 1.25 bits per heavy atom. The highest BCUT2D eigenvalue weighted by Gasteiger charge is 2.42. The third-order valence-corrected chi connectivity index (χ3v) is 3.93. The van der Waals surface area contributed by atoms with Crippen molar-refractivity contribution in [1.29, 1.82) is 0 Å². The first-order chi connectivity index (χ1) is 11.2. The van der Waals surface area contributed by atoms with Crippen molar-refractivity contribution in [3.05, 3.63) is 29.8 Å². The lowest BCUT2D eigenvalue weighted by atomic mass is 9.89. The van der Waals surface area contributed by atoms with Crippen molar-refractivity contribution >= 4 is 23.2 Å². The quantitative estimate of drug-likeness (QED) is 0.876. The molecule has 2 amide bonds. The van der Waals surface area contributed by atoms with Gasteiger partial charge in [0.05, 0.1) is 18.2 Å². The lowest BCUT2D eigenvalue weighted by Crippen LogP contribution is -2.46. The highest BCUT2D eigenvalue weighted by atomic mass is 19.4. The Kier molecular flexibility index (Phi) is 4.04. The zero-order chi connectivity index (χ0) is 17.5. The first-order valence-electron chi connectivity index (χ1n) is 7.30. The number of hydrogen-bond acceptors (Lipinski definition) is 4. The fourth-order valence-electron chi connectivity index (χ4n) is 2.52. The average Bonchev–Trinajstić information content (AvgIpc) is 2.88. The molecule has 1 saturated carbocycles. The topological polar surface area (TPSA) is 82.0 Å². The minimum absolute atomic E-state index is 0.0775. The van der Waals surface area contributed by atoms with Gasteiger partial charge in [0.1, 0.15) is 0 Å². The fraction of sp³-hybridized carbons (Fsp3) is 0.400. The van der Waals surface area contributed by atoms with Crippen LogP contribution in [0.5, 0.6) is 0 Å². The number of aliphatic hydroxyl groups excluding tert-OH is 1. The molecule has 1 aromatic rings. The van der Waals surface area contributed by atoms with Gasteiger partial charge in [-0.1, -0.05) is 0 Å². The number of hydrazone groups is 1. The molecule has 1 aliphatic carbocycles. The molecule has 9 heteroatoms. The summed E-state index contributed by atoms with van der Waals surface area (Å²) < 4.78 is 37.8. The first-order valence-corrected chi connectivity index (χ1v) is 7.30. The molecule has 0 atom stereocenters. The maximum Gasteiger partial charge on any atom is 0.431 e. The highest BCUT2D eigenvalue weighted by molar-refractivity contribution is 6.14. The van der Waals surface area contributed by atoms with E-state index in [0.29, 0.717) is 23.4 Å². The Morgan fingerprint density at radius 3 is 2.38 bits per heavy atom. The van der Waals surface area contributed by atoms with Gasteiger partial charge in [-0.15, -0.1) is 0 Å². The molecule has 128 valence electrons. The molecule has 24 heavy (non-hydrogen) atoms. The Bertz CT molecular complexity index is 694. The number of amides is 2. The van der Waals surface area contributed by atoms with Gasteiger partial charge in [-0.3, -0.25) is 9.59 Å². The summed E-state index contributed by atoms with van der Waals surface area (Å²) in [5.41, 5.74) is -0.667. The third kappa shape index (κ3) is 3.25. The smallest absolute Gasteiger partial charge is 0.393 e. The van der Waals surface area contributed by atoms with Crippen LogP contribution in [0.1, 0.15) is 29.6 Å². The zero-order valence-electron chi connectivity index (χ0n) is 12.4. The van der Waals surface area contributed by atoms with Crippen LogP contribution < -0.4 is 10.3 Å². The number of anilines is 1.